The second-order valence-electron chi connectivity index (χ2n) is 10.9. The molecule has 2 saturated heterocycles. The summed E-state index contributed by atoms with van der Waals surface area (Å²) in [6, 6.07) is 13.4. The Hall–Kier alpha value is -3.94. The number of nitrogens with zero attached hydrogens (tertiary/aromatic N) is 6. The van der Waals surface area contributed by atoms with E-state index >= 15 is 0 Å². The lowest BCUT2D eigenvalue weighted by Gasteiger charge is -2.17. The summed E-state index contributed by atoms with van der Waals surface area (Å²) in [5.41, 5.74) is 2.45. The third-order valence-electron chi connectivity index (χ3n) is 7.60. The molecule has 4 N–H and O–H groups in total. The van der Waals surface area contributed by atoms with E-state index in [1.807, 2.05) is 60.0 Å². The summed E-state index contributed by atoms with van der Waals surface area (Å²) in [7, 11) is 0. The molecule has 0 spiro atoms. The van der Waals surface area contributed by atoms with Gasteiger partial charge in [-0.1, -0.05) is 0 Å². The van der Waals surface area contributed by atoms with Gasteiger partial charge in [-0.15, -0.1) is 0 Å². The van der Waals surface area contributed by atoms with Gasteiger partial charge in [-0.2, -0.15) is 10.1 Å². The average Bonchev–Trinajstić information content (AvgIpc) is 3.79. The van der Waals surface area contributed by atoms with Gasteiger partial charge in [0.2, 0.25) is 17.8 Å². The van der Waals surface area contributed by atoms with Crippen LogP contribution in [0.2, 0.25) is 0 Å². The summed E-state index contributed by atoms with van der Waals surface area (Å²) in [5, 5.41) is 17.1. The first-order valence-electron chi connectivity index (χ1n) is 14.4. The third kappa shape index (κ3) is 7.09. The van der Waals surface area contributed by atoms with Gasteiger partial charge in [-0.3, -0.25) is 24.0 Å². The Morgan fingerprint density at radius 1 is 1.07 bits per heavy atom. The number of carbonyl (C=O) groups excluding carboxylic acids is 2. The molecule has 2 aliphatic heterocycles. The lowest BCUT2D eigenvalue weighted by atomic mass is 10.1. The van der Waals surface area contributed by atoms with E-state index in [4.69, 9.17) is 4.98 Å². The maximum Gasteiger partial charge on any atom is 0.238 e. The fraction of sp³-hybridized carbons (Fsp3) is 0.414. The number of hydrogen-bond donors (Lipinski definition) is 4. The summed E-state index contributed by atoms with van der Waals surface area (Å²) in [6.07, 6.45) is 5.19. The summed E-state index contributed by atoms with van der Waals surface area (Å²) in [6.45, 7) is 7.45. The second-order valence-corrected chi connectivity index (χ2v) is 11.9. The molecule has 3 aromatic heterocycles. The average molecular weight is 589 g/mol. The van der Waals surface area contributed by atoms with Crippen molar-refractivity contribution in [2.45, 2.75) is 36.2 Å². The Balaban J connectivity index is 0.982. The van der Waals surface area contributed by atoms with Crippen molar-refractivity contribution in [2.24, 2.45) is 5.92 Å². The number of rotatable bonds is 11. The molecule has 6 rings (SSSR count). The molecule has 2 amide bonds. The largest absolute Gasteiger partial charge is 0.355 e. The normalized spacial score (nSPS) is 17.6. The summed E-state index contributed by atoms with van der Waals surface area (Å²) < 4.78 is 1.87. The lowest BCUT2D eigenvalue weighted by molar-refractivity contribution is -0.125. The molecule has 220 valence electrons. The number of aromatic amines is 1. The number of aryl methyl sites for hydroxylation is 1. The molecule has 42 heavy (non-hydrogen) atoms. The van der Waals surface area contributed by atoms with Gasteiger partial charge in [0, 0.05) is 48.2 Å². The summed E-state index contributed by atoms with van der Waals surface area (Å²) >= 11 is 1.44. The third-order valence-corrected chi connectivity index (χ3v) is 8.47. The van der Waals surface area contributed by atoms with Gasteiger partial charge >= 0.3 is 0 Å². The summed E-state index contributed by atoms with van der Waals surface area (Å²) in [4.78, 5) is 40.1. The number of fused-ring (bicyclic) bond motifs is 1. The van der Waals surface area contributed by atoms with Crippen LogP contribution in [-0.2, 0) is 9.59 Å². The molecule has 0 radical (unpaired) electrons. The first kappa shape index (κ1) is 28.2. The van der Waals surface area contributed by atoms with Crippen molar-refractivity contribution in [3.8, 4) is 0 Å². The van der Waals surface area contributed by atoms with E-state index in [0.29, 0.717) is 30.0 Å². The molecular weight excluding hydrogens is 552 g/mol. The molecule has 2 aliphatic rings. The standard InChI is InChI=1S/C29H36N10O2S/c1-20-17-24(36-35-20)32-28-34-29(33-25-5-4-14-39(25)28)42-23-8-6-22(7-9-23)31-26(40)19-38-15-10-21(18-38)27(41)30-11-16-37-12-2-3-13-37/h4-9,14,17,21H,2-3,10-13,15-16,18-19H2,1H3,(H,30,41)(H,31,40)(H2,32,33,34,35,36). The Morgan fingerprint density at radius 2 is 1.90 bits per heavy atom. The van der Waals surface area contributed by atoms with E-state index in [0.717, 1.165) is 54.5 Å². The van der Waals surface area contributed by atoms with E-state index in [9.17, 15) is 9.59 Å². The van der Waals surface area contributed by atoms with Gasteiger partial charge in [-0.25, -0.2) is 4.98 Å². The van der Waals surface area contributed by atoms with Gasteiger partial charge in [0.15, 0.2) is 11.0 Å². The Morgan fingerprint density at radius 3 is 2.69 bits per heavy atom. The predicted molar refractivity (Wildman–Crippen MR) is 162 cm³/mol. The topological polar surface area (TPSA) is 136 Å². The van der Waals surface area contributed by atoms with Crippen molar-refractivity contribution in [3.05, 3.63) is 54.4 Å². The van der Waals surface area contributed by atoms with E-state index in [1.165, 1.54) is 24.6 Å². The van der Waals surface area contributed by atoms with Gasteiger partial charge in [0.25, 0.3) is 0 Å². The minimum absolute atomic E-state index is 0.0555. The second kappa shape index (κ2) is 12.9. The maximum atomic E-state index is 12.7. The first-order chi connectivity index (χ1) is 20.5. The van der Waals surface area contributed by atoms with Crippen LogP contribution in [0.1, 0.15) is 25.0 Å². The monoisotopic (exact) mass is 588 g/mol. The van der Waals surface area contributed by atoms with Crippen molar-refractivity contribution in [2.75, 3.05) is 56.4 Å². The fourth-order valence-electron chi connectivity index (χ4n) is 5.43. The molecule has 1 aromatic carbocycles. The minimum Gasteiger partial charge on any atom is -0.355 e. The molecule has 1 atom stereocenters. The maximum absolute atomic E-state index is 12.7. The number of benzene rings is 1. The molecule has 0 saturated carbocycles. The van der Waals surface area contributed by atoms with Gasteiger partial charge in [0.1, 0.15) is 5.65 Å². The number of nitrogens with one attached hydrogen (secondary N) is 4. The highest BCUT2D eigenvalue weighted by Gasteiger charge is 2.29. The SMILES string of the molecule is Cc1cc(Nc2nc(Sc3ccc(NC(=O)CN4CCC(C(=O)NCCN5CCCC5)C4)cc3)nc3cccn23)n[nH]1. The van der Waals surface area contributed by atoms with E-state index in [-0.39, 0.29) is 24.3 Å². The predicted octanol–water partition coefficient (Wildman–Crippen LogP) is 3.13. The van der Waals surface area contributed by atoms with Crippen LogP contribution in [0.25, 0.3) is 5.65 Å². The van der Waals surface area contributed by atoms with Crippen molar-refractivity contribution in [1.29, 1.82) is 0 Å². The Kier molecular flexibility index (Phi) is 8.68. The number of likely N-dealkylation sites (tertiary alicyclic amines) is 2. The number of anilines is 3. The molecule has 0 aliphatic carbocycles. The van der Waals surface area contributed by atoms with E-state index < -0.39 is 0 Å². The van der Waals surface area contributed by atoms with Crippen molar-refractivity contribution in [3.63, 3.8) is 0 Å². The molecule has 1 unspecified atom stereocenters. The molecule has 12 nitrogen and oxygen atoms in total. The van der Waals surface area contributed by atoms with Crippen molar-refractivity contribution < 1.29 is 9.59 Å². The first-order valence-corrected chi connectivity index (χ1v) is 15.2. The Labute approximate surface area is 248 Å². The number of amides is 2. The zero-order valence-corrected chi connectivity index (χ0v) is 24.5. The molecule has 13 heteroatoms. The van der Waals surface area contributed by atoms with Gasteiger partial charge in [0.05, 0.1) is 12.5 Å². The molecule has 4 aromatic rings. The van der Waals surface area contributed by atoms with Crippen LogP contribution in [-0.4, -0.2) is 92.0 Å². The van der Waals surface area contributed by atoms with Crippen LogP contribution in [0, 0.1) is 12.8 Å². The van der Waals surface area contributed by atoms with Crippen LogP contribution >= 0.6 is 11.8 Å². The van der Waals surface area contributed by atoms with E-state index in [2.05, 4.69) is 40.9 Å². The zero-order chi connectivity index (χ0) is 28.9. The summed E-state index contributed by atoms with van der Waals surface area (Å²) in [5.74, 6) is 1.26. The molecule has 5 heterocycles. The minimum atomic E-state index is -0.0863. The van der Waals surface area contributed by atoms with Crippen LogP contribution in [0.4, 0.5) is 17.5 Å². The number of hydrogen-bond acceptors (Lipinski definition) is 9. The van der Waals surface area contributed by atoms with Crippen LogP contribution in [0.5, 0.6) is 0 Å². The van der Waals surface area contributed by atoms with E-state index in [1.54, 1.807) is 0 Å². The fourth-order valence-corrected chi connectivity index (χ4v) is 6.19. The highest BCUT2D eigenvalue weighted by molar-refractivity contribution is 7.99. The van der Waals surface area contributed by atoms with Crippen LogP contribution in [0.15, 0.2) is 58.7 Å². The van der Waals surface area contributed by atoms with Crippen LogP contribution < -0.4 is 16.0 Å². The quantitative estimate of drug-likeness (QED) is 0.208. The smallest absolute Gasteiger partial charge is 0.238 e. The lowest BCUT2D eigenvalue weighted by Crippen LogP contribution is -2.38. The van der Waals surface area contributed by atoms with Gasteiger partial charge < -0.3 is 20.9 Å². The molecule has 2 fully saturated rings. The highest BCUT2D eigenvalue weighted by atomic mass is 32.2. The number of carbonyl (C=O) groups is 2. The Bertz CT molecular complexity index is 1530. The molecular formula is C29H36N10O2S. The zero-order valence-electron chi connectivity index (χ0n) is 23.7. The highest BCUT2D eigenvalue weighted by Crippen LogP contribution is 2.28. The van der Waals surface area contributed by atoms with Crippen molar-refractivity contribution >= 4 is 46.7 Å². The number of H-pyrrole nitrogens is 1. The molecule has 0 bridgehead atoms. The number of aromatic nitrogens is 5. The van der Waals surface area contributed by atoms with Crippen molar-refractivity contribution in [1.82, 2.24) is 39.7 Å². The van der Waals surface area contributed by atoms with Crippen LogP contribution in [0.3, 0.4) is 0 Å². The van der Waals surface area contributed by atoms with Gasteiger partial charge in [-0.05, 0) is 94.0 Å².